The molecule has 2 rings (SSSR count). The zero-order chi connectivity index (χ0) is 14.7. The molecule has 0 heterocycles. The van der Waals surface area contributed by atoms with Crippen molar-refractivity contribution in [3.05, 3.63) is 29.3 Å². The summed E-state index contributed by atoms with van der Waals surface area (Å²) in [7, 11) is 1.65. The minimum Gasteiger partial charge on any atom is -0.478 e. The predicted molar refractivity (Wildman–Crippen MR) is 74.1 cm³/mol. The Hall–Kier alpha value is -2.08. The van der Waals surface area contributed by atoms with Crippen molar-refractivity contribution in [2.75, 3.05) is 12.4 Å². The lowest BCUT2D eigenvalue weighted by Crippen LogP contribution is -2.48. The van der Waals surface area contributed by atoms with Crippen molar-refractivity contribution >= 4 is 17.7 Å². The Kier molecular flexibility index (Phi) is 4.24. The molecule has 0 aromatic heterocycles. The zero-order valence-electron chi connectivity index (χ0n) is 11.5. The molecule has 0 saturated heterocycles. The Morgan fingerprint density at radius 3 is 2.65 bits per heavy atom. The molecule has 3 N–H and O–H groups in total. The number of aryl methyl sites for hydroxylation is 1. The minimum absolute atomic E-state index is 0.0821. The van der Waals surface area contributed by atoms with E-state index >= 15 is 0 Å². The summed E-state index contributed by atoms with van der Waals surface area (Å²) in [5, 5.41) is 14.5. The maximum absolute atomic E-state index is 11.8. The molecule has 6 nitrogen and oxygen atoms in total. The average Bonchev–Trinajstić information content (AvgIpc) is 2.35. The van der Waals surface area contributed by atoms with Crippen LogP contribution in [0.15, 0.2) is 18.2 Å². The normalized spacial score (nSPS) is 20.9. The van der Waals surface area contributed by atoms with Gasteiger partial charge in [-0.05, 0) is 31.9 Å². The Labute approximate surface area is 117 Å². The van der Waals surface area contributed by atoms with Crippen molar-refractivity contribution in [3.63, 3.8) is 0 Å². The number of hydrogen-bond acceptors (Lipinski definition) is 3. The van der Waals surface area contributed by atoms with Gasteiger partial charge in [0.2, 0.25) is 0 Å². The molecule has 1 aliphatic rings. The number of amides is 2. The highest BCUT2D eigenvalue weighted by Gasteiger charge is 2.30. The van der Waals surface area contributed by atoms with E-state index in [1.54, 1.807) is 26.2 Å². The van der Waals surface area contributed by atoms with Crippen molar-refractivity contribution in [1.29, 1.82) is 0 Å². The summed E-state index contributed by atoms with van der Waals surface area (Å²) in [6, 6.07) is 4.57. The molecular weight excluding hydrogens is 260 g/mol. The average molecular weight is 278 g/mol. The number of benzene rings is 1. The molecule has 1 aliphatic carbocycles. The van der Waals surface area contributed by atoms with Crippen molar-refractivity contribution in [2.45, 2.75) is 31.9 Å². The second kappa shape index (κ2) is 5.92. The first-order chi connectivity index (χ1) is 9.49. The van der Waals surface area contributed by atoms with Gasteiger partial charge < -0.3 is 20.5 Å². The van der Waals surface area contributed by atoms with Gasteiger partial charge in [-0.2, -0.15) is 0 Å². The van der Waals surface area contributed by atoms with E-state index in [1.165, 1.54) is 6.07 Å². The van der Waals surface area contributed by atoms with Crippen molar-refractivity contribution in [2.24, 2.45) is 0 Å². The van der Waals surface area contributed by atoms with E-state index in [2.05, 4.69) is 10.6 Å². The third-order valence-corrected chi connectivity index (χ3v) is 3.42. The molecule has 6 heteroatoms. The standard InChI is InChI=1S/C14H18N2O4/c1-8-3-4-12(11(5-8)13(17)18)16-14(19)15-9-6-10(7-9)20-2/h3-5,9-10H,6-7H2,1-2H3,(H,17,18)(H2,15,16,19). The van der Waals surface area contributed by atoms with E-state index < -0.39 is 12.0 Å². The fourth-order valence-corrected chi connectivity index (χ4v) is 2.16. The largest absolute Gasteiger partial charge is 0.478 e. The van der Waals surface area contributed by atoms with Crippen LogP contribution in [-0.2, 0) is 4.74 Å². The summed E-state index contributed by atoms with van der Waals surface area (Å²) in [5.41, 5.74) is 1.21. The first-order valence-corrected chi connectivity index (χ1v) is 6.44. The number of urea groups is 1. The van der Waals surface area contributed by atoms with E-state index in [-0.39, 0.29) is 17.7 Å². The quantitative estimate of drug-likeness (QED) is 0.786. The minimum atomic E-state index is -1.06. The Balaban J connectivity index is 1.96. The maximum Gasteiger partial charge on any atom is 0.337 e. The summed E-state index contributed by atoms with van der Waals surface area (Å²) in [6.07, 6.45) is 1.77. The van der Waals surface area contributed by atoms with Crippen LogP contribution < -0.4 is 10.6 Å². The number of anilines is 1. The maximum atomic E-state index is 11.8. The molecule has 20 heavy (non-hydrogen) atoms. The van der Waals surface area contributed by atoms with Crippen LogP contribution in [0.25, 0.3) is 0 Å². The highest BCUT2D eigenvalue weighted by atomic mass is 16.5. The number of methoxy groups -OCH3 is 1. The van der Waals surface area contributed by atoms with Crippen LogP contribution >= 0.6 is 0 Å². The van der Waals surface area contributed by atoms with Crippen LogP contribution in [0.4, 0.5) is 10.5 Å². The van der Waals surface area contributed by atoms with Crippen LogP contribution in [0.5, 0.6) is 0 Å². The molecule has 0 atom stereocenters. The molecular formula is C14H18N2O4. The molecule has 1 fully saturated rings. The van der Waals surface area contributed by atoms with E-state index in [9.17, 15) is 9.59 Å². The SMILES string of the molecule is COC1CC(NC(=O)Nc2ccc(C)cc2C(=O)O)C1. The zero-order valence-corrected chi connectivity index (χ0v) is 11.5. The second-order valence-corrected chi connectivity index (χ2v) is 4.98. The fraction of sp³-hybridized carbons (Fsp3) is 0.429. The Morgan fingerprint density at radius 2 is 2.05 bits per heavy atom. The van der Waals surface area contributed by atoms with Crippen LogP contribution in [0, 0.1) is 6.92 Å². The highest BCUT2D eigenvalue weighted by molar-refractivity contribution is 6.00. The lowest BCUT2D eigenvalue weighted by Gasteiger charge is -2.34. The Bertz CT molecular complexity index is 524. The topological polar surface area (TPSA) is 87.7 Å². The first-order valence-electron chi connectivity index (χ1n) is 6.44. The van der Waals surface area contributed by atoms with Gasteiger partial charge in [0.1, 0.15) is 0 Å². The summed E-state index contributed by atoms with van der Waals surface area (Å²) >= 11 is 0. The fourth-order valence-electron chi connectivity index (χ4n) is 2.16. The summed E-state index contributed by atoms with van der Waals surface area (Å²) in [6.45, 7) is 1.80. The number of carboxylic acids is 1. The van der Waals surface area contributed by atoms with Gasteiger partial charge in [0, 0.05) is 13.2 Å². The number of rotatable bonds is 4. The molecule has 1 aromatic rings. The predicted octanol–water partition coefficient (Wildman–Crippen LogP) is 1.99. The molecule has 0 unspecified atom stereocenters. The molecule has 0 radical (unpaired) electrons. The molecule has 108 valence electrons. The Morgan fingerprint density at radius 1 is 1.35 bits per heavy atom. The molecule has 2 amide bonds. The number of nitrogens with one attached hydrogen (secondary N) is 2. The van der Waals surface area contributed by atoms with E-state index in [0.717, 1.165) is 18.4 Å². The van der Waals surface area contributed by atoms with Crippen LogP contribution in [0.3, 0.4) is 0 Å². The summed E-state index contributed by atoms with van der Waals surface area (Å²) in [5.74, 6) is -1.06. The van der Waals surface area contributed by atoms with Crippen molar-refractivity contribution in [1.82, 2.24) is 5.32 Å². The van der Waals surface area contributed by atoms with E-state index in [4.69, 9.17) is 9.84 Å². The number of carbonyl (C=O) groups excluding carboxylic acids is 1. The van der Waals surface area contributed by atoms with Gasteiger partial charge in [-0.1, -0.05) is 11.6 Å². The van der Waals surface area contributed by atoms with Gasteiger partial charge >= 0.3 is 12.0 Å². The molecule has 1 aromatic carbocycles. The van der Waals surface area contributed by atoms with E-state index in [0.29, 0.717) is 5.69 Å². The van der Waals surface area contributed by atoms with Crippen LogP contribution in [0.2, 0.25) is 0 Å². The lowest BCUT2D eigenvalue weighted by molar-refractivity contribution is 0.0210. The molecule has 0 aliphatic heterocycles. The second-order valence-electron chi connectivity index (χ2n) is 4.98. The lowest BCUT2D eigenvalue weighted by atomic mass is 9.89. The van der Waals surface area contributed by atoms with Gasteiger partial charge in [0.05, 0.1) is 17.4 Å². The number of hydrogen-bond donors (Lipinski definition) is 3. The number of carbonyl (C=O) groups is 2. The van der Waals surface area contributed by atoms with Gasteiger partial charge in [-0.25, -0.2) is 9.59 Å². The molecule has 1 saturated carbocycles. The summed E-state index contributed by atoms with van der Waals surface area (Å²) in [4.78, 5) is 23.0. The molecule has 0 spiro atoms. The van der Waals surface area contributed by atoms with Crippen molar-refractivity contribution in [3.8, 4) is 0 Å². The highest BCUT2D eigenvalue weighted by Crippen LogP contribution is 2.23. The van der Waals surface area contributed by atoms with Gasteiger partial charge in [0.15, 0.2) is 0 Å². The van der Waals surface area contributed by atoms with Gasteiger partial charge in [-0.15, -0.1) is 0 Å². The molecule has 0 bridgehead atoms. The van der Waals surface area contributed by atoms with Crippen LogP contribution in [0.1, 0.15) is 28.8 Å². The first kappa shape index (κ1) is 14.3. The van der Waals surface area contributed by atoms with E-state index in [1.807, 2.05) is 0 Å². The number of carboxylic acid groups (broad SMARTS) is 1. The number of ether oxygens (including phenoxy) is 1. The summed E-state index contributed by atoms with van der Waals surface area (Å²) < 4.78 is 5.13. The number of aromatic carboxylic acids is 1. The van der Waals surface area contributed by atoms with Gasteiger partial charge in [-0.3, -0.25) is 0 Å². The smallest absolute Gasteiger partial charge is 0.337 e. The van der Waals surface area contributed by atoms with Crippen LogP contribution in [-0.4, -0.2) is 36.4 Å². The third-order valence-electron chi connectivity index (χ3n) is 3.42. The van der Waals surface area contributed by atoms with Gasteiger partial charge in [0.25, 0.3) is 0 Å². The monoisotopic (exact) mass is 278 g/mol. The van der Waals surface area contributed by atoms with Crippen molar-refractivity contribution < 1.29 is 19.4 Å². The third kappa shape index (κ3) is 3.27.